The highest BCUT2D eigenvalue weighted by Crippen LogP contribution is 2.41. The van der Waals surface area contributed by atoms with Crippen LogP contribution < -0.4 is 5.73 Å². The Morgan fingerprint density at radius 2 is 2.09 bits per heavy atom. The van der Waals surface area contributed by atoms with Gasteiger partial charge < -0.3 is 15.2 Å². The van der Waals surface area contributed by atoms with Crippen molar-refractivity contribution < 1.29 is 14.3 Å². The van der Waals surface area contributed by atoms with Crippen LogP contribution in [0, 0.1) is 11.3 Å². The van der Waals surface area contributed by atoms with Gasteiger partial charge in [0.25, 0.3) is 0 Å². The minimum atomic E-state index is -0.714. The Bertz CT molecular complexity index is 744. The molecule has 1 aromatic rings. The Labute approximate surface area is 139 Å². The average Bonchev–Trinajstić information content (AvgIpc) is 2.46. The van der Waals surface area contributed by atoms with Crippen molar-refractivity contribution in [1.82, 2.24) is 0 Å². The van der Waals surface area contributed by atoms with Crippen molar-refractivity contribution >= 4 is 17.6 Å². The van der Waals surface area contributed by atoms with E-state index in [4.69, 9.17) is 26.8 Å². The normalized spacial score (nSPS) is 17.8. The number of rotatable bonds is 3. The van der Waals surface area contributed by atoms with Crippen molar-refractivity contribution in [2.45, 2.75) is 32.8 Å². The molecule has 0 unspecified atom stereocenters. The fourth-order valence-corrected chi connectivity index (χ4v) is 2.69. The lowest BCUT2D eigenvalue weighted by atomic mass is 9.83. The van der Waals surface area contributed by atoms with E-state index in [2.05, 4.69) is 0 Å². The van der Waals surface area contributed by atoms with E-state index >= 15 is 0 Å². The summed E-state index contributed by atoms with van der Waals surface area (Å²) in [6.45, 7) is 5.11. The van der Waals surface area contributed by atoms with Gasteiger partial charge in [-0.3, -0.25) is 0 Å². The van der Waals surface area contributed by atoms with E-state index in [1.165, 1.54) is 0 Å². The molecule has 0 aliphatic carbocycles. The molecule has 1 aliphatic rings. The molecule has 2 rings (SSSR count). The van der Waals surface area contributed by atoms with Gasteiger partial charge in [-0.25, -0.2) is 4.79 Å². The molecule has 23 heavy (non-hydrogen) atoms. The molecule has 0 amide bonds. The summed E-state index contributed by atoms with van der Waals surface area (Å²) >= 11 is 6.26. The quantitative estimate of drug-likeness (QED) is 0.858. The van der Waals surface area contributed by atoms with Gasteiger partial charge in [0.1, 0.15) is 17.4 Å². The first-order chi connectivity index (χ1) is 10.9. The number of hydrogen-bond acceptors (Lipinski definition) is 5. The summed E-state index contributed by atoms with van der Waals surface area (Å²) < 4.78 is 10.7. The van der Waals surface area contributed by atoms with E-state index < -0.39 is 11.9 Å². The maximum absolute atomic E-state index is 12.5. The van der Waals surface area contributed by atoms with Gasteiger partial charge in [0, 0.05) is 5.02 Å². The molecule has 5 nitrogen and oxygen atoms in total. The zero-order valence-corrected chi connectivity index (χ0v) is 13.8. The minimum absolute atomic E-state index is 0.0315. The van der Waals surface area contributed by atoms with Crippen molar-refractivity contribution in [3.63, 3.8) is 0 Å². The molecule has 120 valence electrons. The fourth-order valence-electron chi connectivity index (χ4n) is 2.44. The Balaban J connectivity index is 2.63. The number of nitrogens with zero attached hydrogens (tertiary/aromatic N) is 1. The molecular formula is C17H17ClN2O3. The van der Waals surface area contributed by atoms with E-state index in [0.717, 1.165) is 0 Å². The predicted molar refractivity (Wildman–Crippen MR) is 86.0 cm³/mol. The molecule has 6 heteroatoms. The third kappa shape index (κ3) is 3.33. The first-order valence-electron chi connectivity index (χ1n) is 7.10. The Hall–Kier alpha value is -2.45. The number of nitriles is 1. The summed E-state index contributed by atoms with van der Waals surface area (Å²) in [5.41, 5.74) is 6.80. The minimum Gasteiger partial charge on any atom is -0.459 e. The standard InChI is InChI=1S/C17H17ClN2O3/c1-9(2)22-17(21)14-10(3)23-16(20)12(8-19)15(14)11-6-4-5-7-13(11)18/h4-7,9,15H,20H2,1-3H3/t15-/m1/s1. The summed E-state index contributed by atoms with van der Waals surface area (Å²) in [4.78, 5) is 12.5. The number of nitrogens with two attached hydrogens (primary N) is 1. The second kappa shape index (κ2) is 6.76. The Kier molecular flexibility index (Phi) is 4.97. The summed E-state index contributed by atoms with van der Waals surface area (Å²) in [7, 11) is 0. The predicted octanol–water partition coefficient (Wildman–Crippen LogP) is 3.37. The number of halogens is 1. The van der Waals surface area contributed by atoms with Gasteiger partial charge in [-0.05, 0) is 32.4 Å². The summed E-state index contributed by atoms with van der Waals surface area (Å²) in [5.74, 6) is -0.996. The van der Waals surface area contributed by atoms with Crippen LogP contribution in [0.25, 0.3) is 0 Å². The van der Waals surface area contributed by atoms with Crippen LogP contribution in [0.2, 0.25) is 5.02 Å². The largest absolute Gasteiger partial charge is 0.459 e. The molecule has 1 aliphatic heterocycles. The first-order valence-corrected chi connectivity index (χ1v) is 7.48. The number of carbonyl (C=O) groups excluding carboxylic acids is 1. The highest BCUT2D eigenvalue weighted by molar-refractivity contribution is 6.31. The van der Waals surface area contributed by atoms with Gasteiger partial charge >= 0.3 is 5.97 Å². The van der Waals surface area contributed by atoms with Crippen LogP contribution in [0.1, 0.15) is 32.3 Å². The monoisotopic (exact) mass is 332 g/mol. The highest BCUT2D eigenvalue weighted by atomic mass is 35.5. The van der Waals surface area contributed by atoms with E-state index in [0.29, 0.717) is 16.3 Å². The van der Waals surface area contributed by atoms with E-state index in [-0.39, 0.29) is 23.1 Å². The molecule has 0 spiro atoms. The van der Waals surface area contributed by atoms with Gasteiger partial charge in [-0.1, -0.05) is 29.8 Å². The van der Waals surface area contributed by atoms with E-state index in [1.54, 1.807) is 45.0 Å². The molecule has 0 saturated carbocycles. The topological polar surface area (TPSA) is 85.3 Å². The van der Waals surface area contributed by atoms with Crippen LogP contribution in [-0.4, -0.2) is 12.1 Å². The van der Waals surface area contributed by atoms with Gasteiger partial charge in [0.15, 0.2) is 0 Å². The molecule has 0 fully saturated rings. The maximum Gasteiger partial charge on any atom is 0.338 e. The third-order valence-electron chi connectivity index (χ3n) is 3.38. The van der Waals surface area contributed by atoms with Crippen LogP contribution in [0.4, 0.5) is 0 Å². The Morgan fingerprint density at radius 1 is 1.43 bits per heavy atom. The van der Waals surface area contributed by atoms with Gasteiger partial charge in [0.05, 0.1) is 17.6 Å². The second-order valence-electron chi connectivity index (χ2n) is 5.37. The zero-order valence-electron chi connectivity index (χ0n) is 13.1. The van der Waals surface area contributed by atoms with Gasteiger partial charge in [-0.2, -0.15) is 5.26 Å². The first kappa shape index (κ1) is 16.9. The number of benzene rings is 1. The Morgan fingerprint density at radius 3 is 2.65 bits per heavy atom. The number of ether oxygens (including phenoxy) is 2. The molecule has 2 N–H and O–H groups in total. The van der Waals surface area contributed by atoms with Crippen molar-refractivity contribution in [1.29, 1.82) is 5.26 Å². The highest BCUT2D eigenvalue weighted by Gasteiger charge is 2.37. The number of allylic oxidation sites excluding steroid dienone is 2. The second-order valence-corrected chi connectivity index (χ2v) is 5.78. The number of esters is 1. The summed E-state index contributed by atoms with van der Waals surface area (Å²) in [6.07, 6.45) is -0.302. The van der Waals surface area contributed by atoms with E-state index in [9.17, 15) is 10.1 Å². The summed E-state index contributed by atoms with van der Waals surface area (Å²) in [5, 5.41) is 9.90. The van der Waals surface area contributed by atoms with E-state index in [1.807, 2.05) is 6.07 Å². The lowest BCUT2D eigenvalue weighted by Crippen LogP contribution is -2.27. The van der Waals surface area contributed by atoms with Crippen molar-refractivity contribution in [2.24, 2.45) is 5.73 Å². The molecule has 0 radical (unpaired) electrons. The lowest BCUT2D eigenvalue weighted by molar-refractivity contribution is -0.143. The number of carbonyl (C=O) groups is 1. The maximum atomic E-state index is 12.5. The van der Waals surface area contributed by atoms with Gasteiger partial charge in [-0.15, -0.1) is 0 Å². The summed E-state index contributed by atoms with van der Waals surface area (Å²) in [6, 6.07) is 9.01. The molecule has 1 atom stereocenters. The molecule has 1 heterocycles. The molecule has 0 saturated heterocycles. The SMILES string of the molecule is CC1=C(C(=O)OC(C)C)[C@H](c2ccccc2Cl)C(C#N)=C(N)O1. The van der Waals surface area contributed by atoms with Crippen LogP contribution in [0.5, 0.6) is 0 Å². The fraction of sp³-hybridized carbons (Fsp3) is 0.294. The van der Waals surface area contributed by atoms with Gasteiger partial charge in [0.2, 0.25) is 5.88 Å². The van der Waals surface area contributed by atoms with Crippen LogP contribution in [0.3, 0.4) is 0 Å². The lowest BCUT2D eigenvalue weighted by Gasteiger charge is -2.27. The average molecular weight is 333 g/mol. The molecular weight excluding hydrogens is 316 g/mol. The van der Waals surface area contributed by atoms with Crippen LogP contribution in [-0.2, 0) is 14.3 Å². The zero-order chi connectivity index (χ0) is 17.1. The number of hydrogen-bond donors (Lipinski definition) is 1. The van der Waals surface area contributed by atoms with Crippen LogP contribution >= 0.6 is 11.6 Å². The van der Waals surface area contributed by atoms with Crippen LogP contribution in [0.15, 0.2) is 47.1 Å². The molecule has 0 aromatic heterocycles. The van der Waals surface area contributed by atoms with Crippen molar-refractivity contribution in [3.8, 4) is 6.07 Å². The van der Waals surface area contributed by atoms with Crippen molar-refractivity contribution in [3.05, 3.63) is 57.6 Å². The molecule has 0 bridgehead atoms. The molecule has 1 aromatic carbocycles. The third-order valence-corrected chi connectivity index (χ3v) is 3.73. The smallest absolute Gasteiger partial charge is 0.338 e. The van der Waals surface area contributed by atoms with Crippen molar-refractivity contribution in [2.75, 3.05) is 0 Å².